The number of aliphatic hydroxyl groups excluding tert-OH is 1. The second-order valence-corrected chi connectivity index (χ2v) is 6.83. The minimum atomic E-state index is -3.73. The first kappa shape index (κ1) is 15.8. The molecule has 0 saturated carbocycles. The molecule has 6 heteroatoms. The van der Waals surface area contributed by atoms with Crippen molar-refractivity contribution in [3.63, 3.8) is 0 Å². The van der Waals surface area contributed by atoms with Crippen LogP contribution in [-0.2, 0) is 16.6 Å². The zero-order valence-electron chi connectivity index (χ0n) is 11.7. The Morgan fingerprint density at radius 1 is 1.19 bits per heavy atom. The Bertz CT molecular complexity index is 772. The third-order valence-electron chi connectivity index (χ3n) is 3.28. The molecule has 0 atom stereocenters. The molecule has 0 bridgehead atoms. The summed E-state index contributed by atoms with van der Waals surface area (Å²) in [6.07, 6.45) is 0. The molecule has 0 aliphatic rings. The fourth-order valence-electron chi connectivity index (χ4n) is 1.99. The molecule has 0 aliphatic carbocycles. The van der Waals surface area contributed by atoms with Crippen LogP contribution in [0, 0.1) is 13.8 Å². The average Bonchev–Trinajstić information content (AvgIpc) is 2.42. The van der Waals surface area contributed by atoms with E-state index in [0.29, 0.717) is 21.8 Å². The Morgan fingerprint density at radius 2 is 1.90 bits per heavy atom. The highest BCUT2D eigenvalue weighted by molar-refractivity contribution is 7.92. The third-order valence-corrected chi connectivity index (χ3v) is 5.21. The lowest BCUT2D eigenvalue weighted by Gasteiger charge is -2.13. The second-order valence-electron chi connectivity index (χ2n) is 4.77. The van der Waals surface area contributed by atoms with Crippen molar-refractivity contribution >= 4 is 27.3 Å². The molecule has 21 heavy (non-hydrogen) atoms. The van der Waals surface area contributed by atoms with E-state index >= 15 is 0 Å². The van der Waals surface area contributed by atoms with Gasteiger partial charge in [-0.25, -0.2) is 8.42 Å². The Kier molecular flexibility index (Phi) is 4.56. The topological polar surface area (TPSA) is 66.4 Å². The summed E-state index contributed by atoms with van der Waals surface area (Å²) in [5, 5.41) is 9.73. The van der Waals surface area contributed by atoms with Crippen LogP contribution >= 0.6 is 11.6 Å². The highest BCUT2D eigenvalue weighted by Crippen LogP contribution is 2.25. The number of aliphatic hydroxyl groups is 1. The van der Waals surface area contributed by atoms with Crippen molar-refractivity contribution in [1.29, 1.82) is 0 Å². The van der Waals surface area contributed by atoms with Crippen molar-refractivity contribution in [2.45, 2.75) is 25.3 Å². The molecule has 4 nitrogen and oxygen atoms in total. The van der Waals surface area contributed by atoms with Gasteiger partial charge in [-0.05, 0) is 48.7 Å². The van der Waals surface area contributed by atoms with Gasteiger partial charge < -0.3 is 5.11 Å². The normalized spacial score (nSPS) is 11.4. The van der Waals surface area contributed by atoms with Gasteiger partial charge in [0.25, 0.3) is 10.0 Å². The Labute approximate surface area is 129 Å². The zero-order chi connectivity index (χ0) is 15.6. The third kappa shape index (κ3) is 3.37. The predicted molar refractivity (Wildman–Crippen MR) is 84.1 cm³/mol. The predicted octanol–water partition coefficient (Wildman–Crippen LogP) is 3.25. The van der Waals surface area contributed by atoms with E-state index in [1.165, 1.54) is 6.07 Å². The summed E-state index contributed by atoms with van der Waals surface area (Å²) in [7, 11) is -3.73. The fraction of sp³-hybridized carbons (Fsp3) is 0.200. The standard InChI is InChI=1S/C15H16ClNO3S/c1-10-6-7-13(8-14(10)16)17-21(19,20)15-5-3-4-12(9-18)11(15)2/h3-8,17-18H,9H2,1-2H3. The van der Waals surface area contributed by atoms with Gasteiger partial charge in [0.2, 0.25) is 0 Å². The highest BCUT2D eigenvalue weighted by Gasteiger charge is 2.18. The minimum Gasteiger partial charge on any atom is -0.392 e. The van der Waals surface area contributed by atoms with E-state index in [-0.39, 0.29) is 11.5 Å². The number of aryl methyl sites for hydroxylation is 1. The van der Waals surface area contributed by atoms with Gasteiger partial charge in [0.05, 0.1) is 17.2 Å². The van der Waals surface area contributed by atoms with Gasteiger partial charge in [0, 0.05) is 5.02 Å². The molecule has 0 aromatic heterocycles. The number of hydrogen-bond acceptors (Lipinski definition) is 3. The van der Waals surface area contributed by atoms with Gasteiger partial charge in [-0.3, -0.25) is 4.72 Å². The van der Waals surface area contributed by atoms with Gasteiger partial charge in [-0.2, -0.15) is 0 Å². The molecule has 0 unspecified atom stereocenters. The summed E-state index contributed by atoms with van der Waals surface area (Å²) in [6.45, 7) is 3.31. The SMILES string of the molecule is Cc1ccc(NS(=O)(=O)c2cccc(CO)c2C)cc1Cl. The van der Waals surface area contributed by atoms with Crippen LogP contribution in [0.15, 0.2) is 41.3 Å². The maximum Gasteiger partial charge on any atom is 0.262 e. The van der Waals surface area contributed by atoms with Crippen LogP contribution < -0.4 is 4.72 Å². The molecule has 0 amide bonds. The molecular formula is C15H16ClNO3S. The largest absolute Gasteiger partial charge is 0.392 e. The van der Waals surface area contributed by atoms with E-state index in [1.54, 1.807) is 37.3 Å². The first-order valence-corrected chi connectivity index (χ1v) is 8.19. The van der Waals surface area contributed by atoms with Crippen molar-refractivity contribution in [2.24, 2.45) is 0 Å². The molecule has 0 heterocycles. The van der Waals surface area contributed by atoms with E-state index in [0.717, 1.165) is 5.56 Å². The summed E-state index contributed by atoms with van der Waals surface area (Å²) < 4.78 is 27.4. The number of halogens is 1. The van der Waals surface area contributed by atoms with Crippen LogP contribution in [-0.4, -0.2) is 13.5 Å². The summed E-state index contributed by atoms with van der Waals surface area (Å²) in [4.78, 5) is 0.144. The number of anilines is 1. The van der Waals surface area contributed by atoms with Gasteiger partial charge >= 0.3 is 0 Å². The van der Waals surface area contributed by atoms with E-state index in [2.05, 4.69) is 4.72 Å². The zero-order valence-corrected chi connectivity index (χ0v) is 13.3. The van der Waals surface area contributed by atoms with E-state index < -0.39 is 10.0 Å². The molecule has 0 aliphatic heterocycles. The van der Waals surface area contributed by atoms with Crippen LogP contribution in [0.4, 0.5) is 5.69 Å². The number of nitrogens with one attached hydrogen (secondary N) is 1. The molecule has 2 N–H and O–H groups in total. The van der Waals surface area contributed by atoms with Gasteiger partial charge in [-0.1, -0.05) is 29.8 Å². The van der Waals surface area contributed by atoms with Crippen molar-refractivity contribution in [2.75, 3.05) is 4.72 Å². The molecule has 2 rings (SSSR count). The molecule has 2 aromatic rings. The van der Waals surface area contributed by atoms with Crippen molar-refractivity contribution in [3.05, 3.63) is 58.1 Å². The summed E-state index contributed by atoms with van der Waals surface area (Å²) >= 11 is 6.00. The van der Waals surface area contributed by atoms with Crippen molar-refractivity contribution in [3.8, 4) is 0 Å². The van der Waals surface area contributed by atoms with E-state index in [9.17, 15) is 13.5 Å². The lowest BCUT2D eigenvalue weighted by atomic mass is 10.1. The molecule has 0 spiro atoms. The van der Waals surface area contributed by atoms with Crippen LogP contribution in [0.2, 0.25) is 5.02 Å². The first-order chi connectivity index (χ1) is 9.85. The quantitative estimate of drug-likeness (QED) is 0.906. The van der Waals surface area contributed by atoms with Crippen molar-refractivity contribution in [1.82, 2.24) is 0 Å². The monoisotopic (exact) mass is 325 g/mol. The van der Waals surface area contributed by atoms with Crippen LogP contribution in [0.1, 0.15) is 16.7 Å². The lowest BCUT2D eigenvalue weighted by Crippen LogP contribution is -2.15. The Hall–Kier alpha value is -1.56. The first-order valence-electron chi connectivity index (χ1n) is 6.33. The van der Waals surface area contributed by atoms with Crippen LogP contribution in [0.25, 0.3) is 0 Å². The van der Waals surface area contributed by atoms with Crippen molar-refractivity contribution < 1.29 is 13.5 Å². The molecule has 0 saturated heterocycles. The summed E-state index contributed by atoms with van der Waals surface area (Å²) in [6, 6.07) is 9.78. The average molecular weight is 326 g/mol. The number of benzene rings is 2. The Balaban J connectivity index is 2.41. The fourth-order valence-corrected chi connectivity index (χ4v) is 3.51. The molecule has 2 aromatic carbocycles. The molecular weight excluding hydrogens is 310 g/mol. The van der Waals surface area contributed by atoms with Gasteiger partial charge in [-0.15, -0.1) is 0 Å². The van der Waals surface area contributed by atoms with E-state index in [1.807, 2.05) is 6.92 Å². The number of rotatable bonds is 4. The second kappa shape index (κ2) is 6.05. The van der Waals surface area contributed by atoms with E-state index in [4.69, 9.17) is 11.6 Å². The van der Waals surface area contributed by atoms with Crippen LogP contribution in [0.5, 0.6) is 0 Å². The molecule has 112 valence electrons. The van der Waals surface area contributed by atoms with Gasteiger partial charge in [0.1, 0.15) is 0 Å². The Morgan fingerprint density at radius 3 is 2.52 bits per heavy atom. The lowest BCUT2D eigenvalue weighted by molar-refractivity contribution is 0.280. The van der Waals surface area contributed by atoms with Crippen LogP contribution in [0.3, 0.4) is 0 Å². The molecule has 0 fully saturated rings. The summed E-state index contributed by atoms with van der Waals surface area (Å²) in [5.41, 5.74) is 2.39. The van der Waals surface area contributed by atoms with Gasteiger partial charge in [0.15, 0.2) is 0 Å². The maximum atomic E-state index is 12.5. The number of hydrogen-bond donors (Lipinski definition) is 2. The minimum absolute atomic E-state index is 0.144. The number of sulfonamides is 1. The molecule has 0 radical (unpaired) electrons. The summed E-state index contributed by atoms with van der Waals surface area (Å²) in [5.74, 6) is 0. The smallest absolute Gasteiger partial charge is 0.262 e. The highest BCUT2D eigenvalue weighted by atomic mass is 35.5. The maximum absolute atomic E-state index is 12.5.